The molecule has 8 nitrogen and oxygen atoms in total. The van der Waals surface area contributed by atoms with Crippen LogP contribution in [0, 0.1) is 0 Å². The first-order valence-electron chi connectivity index (χ1n) is 6.00. The minimum absolute atomic E-state index is 0.240. The molecule has 1 aliphatic rings. The van der Waals surface area contributed by atoms with Crippen molar-refractivity contribution in [1.82, 2.24) is 25.4 Å². The third-order valence-electron chi connectivity index (χ3n) is 3.02. The molecule has 100 valence electrons. The van der Waals surface area contributed by atoms with E-state index in [1.165, 1.54) is 0 Å². The highest BCUT2D eigenvalue weighted by molar-refractivity contribution is 5.32. The number of aromatic amines is 2. The number of rotatable bonds is 4. The van der Waals surface area contributed by atoms with Gasteiger partial charge in [0.25, 0.3) is 5.56 Å². The highest BCUT2D eigenvalue weighted by atomic mass is 16.2. The molecule has 8 heteroatoms. The van der Waals surface area contributed by atoms with Gasteiger partial charge >= 0.3 is 5.69 Å². The fourth-order valence-corrected chi connectivity index (χ4v) is 1.93. The number of hydrogen-bond acceptors (Lipinski definition) is 6. The summed E-state index contributed by atoms with van der Waals surface area (Å²) in [6, 6.07) is 0. The molecule has 0 aromatic carbocycles. The Balaban J connectivity index is 1.92. The number of H-pyrrole nitrogens is 2. The molecular formula is C10H18N6O2. The lowest BCUT2D eigenvalue weighted by molar-refractivity contribution is 0.246. The molecule has 0 amide bonds. The Kier molecular flexibility index (Phi) is 4.11. The highest BCUT2D eigenvalue weighted by Gasteiger charge is 2.12. The molecule has 1 aromatic rings. The van der Waals surface area contributed by atoms with E-state index in [-0.39, 0.29) is 5.82 Å². The van der Waals surface area contributed by atoms with Crippen LogP contribution in [0.15, 0.2) is 9.59 Å². The molecule has 0 unspecified atom stereocenters. The van der Waals surface area contributed by atoms with Crippen molar-refractivity contribution in [3.63, 3.8) is 0 Å². The average Bonchev–Trinajstić information content (AvgIpc) is 2.37. The van der Waals surface area contributed by atoms with E-state index < -0.39 is 11.2 Å². The number of aromatic nitrogens is 3. The molecule has 0 radical (unpaired) electrons. The number of likely N-dealkylation sites (N-methyl/N-ethyl adjacent to an activating group) is 1. The molecule has 0 saturated carbocycles. The monoisotopic (exact) mass is 254 g/mol. The van der Waals surface area contributed by atoms with E-state index in [9.17, 15) is 9.59 Å². The van der Waals surface area contributed by atoms with Crippen molar-refractivity contribution in [3.8, 4) is 0 Å². The summed E-state index contributed by atoms with van der Waals surface area (Å²) >= 11 is 0. The van der Waals surface area contributed by atoms with Gasteiger partial charge in [-0.05, 0) is 0 Å². The van der Waals surface area contributed by atoms with Gasteiger partial charge in [-0.3, -0.25) is 14.7 Å². The van der Waals surface area contributed by atoms with Crippen LogP contribution in [0.1, 0.15) is 0 Å². The summed E-state index contributed by atoms with van der Waals surface area (Å²) in [7, 11) is 1.79. The molecule has 18 heavy (non-hydrogen) atoms. The lowest BCUT2D eigenvalue weighted by Gasteiger charge is -2.29. The topological polar surface area (TPSA) is 97.1 Å². The van der Waals surface area contributed by atoms with Gasteiger partial charge < -0.3 is 10.2 Å². The van der Waals surface area contributed by atoms with Gasteiger partial charge in [0.05, 0.1) is 0 Å². The fraction of sp³-hybridized carbons (Fsp3) is 0.700. The van der Waals surface area contributed by atoms with Crippen LogP contribution in [0.5, 0.6) is 0 Å². The third-order valence-corrected chi connectivity index (χ3v) is 3.02. The molecule has 1 saturated heterocycles. The summed E-state index contributed by atoms with van der Waals surface area (Å²) in [5.41, 5.74) is -1.04. The van der Waals surface area contributed by atoms with Crippen LogP contribution < -0.4 is 21.5 Å². The van der Waals surface area contributed by atoms with E-state index >= 15 is 0 Å². The third kappa shape index (κ3) is 3.17. The lowest BCUT2D eigenvalue weighted by Crippen LogP contribution is -2.46. The predicted molar refractivity (Wildman–Crippen MR) is 68.1 cm³/mol. The van der Waals surface area contributed by atoms with Crippen LogP contribution in [-0.2, 0) is 0 Å². The summed E-state index contributed by atoms with van der Waals surface area (Å²) in [6.45, 7) is 5.61. The quantitative estimate of drug-likeness (QED) is 0.564. The molecule has 0 spiro atoms. The molecule has 3 N–H and O–H groups in total. The van der Waals surface area contributed by atoms with E-state index in [2.05, 4.69) is 25.4 Å². The Bertz CT molecular complexity index is 490. The summed E-state index contributed by atoms with van der Waals surface area (Å²) in [4.78, 5) is 28.6. The maximum Gasteiger partial charge on any atom is 0.342 e. The Morgan fingerprint density at radius 3 is 2.72 bits per heavy atom. The summed E-state index contributed by atoms with van der Waals surface area (Å²) < 4.78 is 0. The van der Waals surface area contributed by atoms with Crippen molar-refractivity contribution in [2.75, 3.05) is 51.2 Å². The normalized spacial score (nSPS) is 16.7. The Labute approximate surface area is 104 Å². The van der Waals surface area contributed by atoms with Gasteiger partial charge in [0, 0.05) is 46.3 Å². The van der Waals surface area contributed by atoms with Gasteiger partial charge in [0.15, 0.2) is 0 Å². The minimum Gasteiger partial charge on any atom is -0.352 e. The van der Waals surface area contributed by atoms with Gasteiger partial charge in [-0.1, -0.05) is 0 Å². The summed E-state index contributed by atoms with van der Waals surface area (Å²) in [5.74, 6) is 0.240. The van der Waals surface area contributed by atoms with Gasteiger partial charge in [-0.25, -0.2) is 9.89 Å². The van der Waals surface area contributed by atoms with E-state index in [4.69, 9.17) is 0 Å². The zero-order valence-corrected chi connectivity index (χ0v) is 10.4. The Morgan fingerprint density at radius 2 is 2.06 bits per heavy atom. The molecule has 0 atom stereocenters. The van der Waals surface area contributed by atoms with Crippen LogP contribution in [0.4, 0.5) is 5.82 Å². The number of piperazine rings is 1. The van der Waals surface area contributed by atoms with E-state index in [1.54, 1.807) is 11.9 Å². The summed E-state index contributed by atoms with van der Waals surface area (Å²) in [6.07, 6.45) is 0. The molecule has 0 bridgehead atoms. The van der Waals surface area contributed by atoms with Gasteiger partial charge in [0.1, 0.15) is 0 Å². The average molecular weight is 254 g/mol. The van der Waals surface area contributed by atoms with Crippen molar-refractivity contribution in [3.05, 3.63) is 20.8 Å². The van der Waals surface area contributed by atoms with E-state index in [0.29, 0.717) is 6.54 Å². The largest absolute Gasteiger partial charge is 0.352 e. The fourth-order valence-electron chi connectivity index (χ4n) is 1.93. The van der Waals surface area contributed by atoms with Crippen LogP contribution in [0.2, 0.25) is 0 Å². The minimum atomic E-state index is -0.584. The molecule has 1 fully saturated rings. The molecule has 1 aliphatic heterocycles. The van der Waals surface area contributed by atoms with Crippen LogP contribution in [-0.4, -0.2) is 66.4 Å². The molecule has 0 aliphatic carbocycles. The Morgan fingerprint density at radius 1 is 1.33 bits per heavy atom. The molecular weight excluding hydrogens is 236 g/mol. The first-order valence-corrected chi connectivity index (χ1v) is 6.00. The number of hydrogen-bond donors (Lipinski definition) is 3. The van der Waals surface area contributed by atoms with Crippen molar-refractivity contribution in [2.45, 2.75) is 0 Å². The van der Waals surface area contributed by atoms with Crippen molar-refractivity contribution in [2.24, 2.45) is 0 Å². The second-order valence-corrected chi connectivity index (χ2v) is 4.34. The second kappa shape index (κ2) is 5.78. The first kappa shape index (κ1) is 12.8. The number of anilines is 1. The Hall–Kier alpha value is -1.67. The summed E-state index contributed by atoms with van der Waals surface area (Å²) in [5, 5.41) is 9.28. The van der Waals surface area contributed by atoms with Crippen LogP contribution in [0.25, 0.3) is 0 Å². The molecule has 2 rings (SSSR count). The van der Waals surface area contributed by atoms with Gasteiger partial charge in [-0.15, -0.1) is 5.10 Å². The highest BCUT2D eigenvalue weighted by Crippen LogP contribution is 1.98. The lowest BCUT2D eigenvalue weighted by atomic mass is 10.3. The molecule has 1 aromatic heterocycles. The maximum atomic E-state index is 11.5. The number of nitrogens with zero attached hydrogens (tertiary/aromatic N) is 3. The van der Waals surface area contributed by atoms with Crippen molar-refractivity contribution in [1.29, 1.82) is 0 Å². The number of nitrogens with one attached hydrogen (secondary N) is 3. The zero-order valence-electron chi connectivity index (χ0n) is 10.4. The SMILES string of the molecule is CN(CCN1CCNCC1)c1n[nH]c(=O)[nH]c1=O. The van der Waals surface area contributed by atoms with Gasteiger partial charge in [-0.2, -0.15) is 0 Å². The zero-order chi connectivity index (χ0) is 13.0. The van der Waals surface area contributed by atoms with Crippen molar-refractivity contribution < 1.29 is 0 Å². The van der Waals surface area contributed by atoms with Crippen LogP contribution in [0.3, 0.4) is 0 Å². The maximum absolute atomic E-state index is 11.5. The smallest absolute Gasteiger partial charge is 0.342 e. The van der Waals surface area contributed by atoms with E-state index in [0.717, 1.165) is 32.7 Å². The first-order chi connectivity index (χ1) is 8.66. The van der Waals surface area contributed by atoms with Crippen molar-refractivity contribution >= 4 is 5.82 Å². The van der Waals surface area contributed by atoms with Gasteiger partial charge in [0.2, 0.25) is 5.82 Å². The molecule has 2 heterocycles. The van der Waals surface area contributed by atoms with Crippen LogP contribution >= 0.6 is 0 Å². The standard InChI is InChI=1S/C10H18N6O2/c1-15(6-7-16-4-2-11-3-5-16)8-9(17)12-10(18)14-13-8/h11H,2-7H2,1H3,(H2,12,14,17,18). The van der Waals surface area contributed by atoms with E-state index in [1.807, 2.05) is 0 Å². The second-order valence-electron chi connectivity index (χ2n) is 4.34. The predicted octanol–water partition coefficient (Wildman–Crippen LogP) is -2.20.